The maximum atomic E-state index is 12.9. The summed E-state index contributed by atoms with van der Waals surface area (Å²) < 4.78 is 5.66. The third-order valence-corrected chi connectivity index (χ3v) is 6.99. The van der Waals surface area contributed by atoms with Gasteiger partial charge in [0.1, 0.15) is 6.61 Å². The van der Waals surface area contributed by atoms with Gasteiger partial charge in [0.15, 0.2) is 0 Å². The van der Waals surface area contributed by atoms with E-state index in [-0.39, 0.29) is 36.8 Å². The van der Waals surface area contributed by atoms with E-state index in [2.05, 4.69) is 29.6 Å². The molecule has 4 rings (SSSR count). The summed E-state index contributed by atoms with van der Waals surface area (Å²) in [5.41, 5.74) is 4.68. The van der Waals surface area contributed by atoms with Crippen LogP contribution in [0.3, 0.4) is 0 Å². The number of alkyl carbamates (subject to hydrolysis) is 1. The summed E-state index contributed by atoms with van der Waals surface area (Å²) in [6.45, 7) is 0.759. The lowest BCUT2D eigenvalue weighted by Crippen LogP contribution is -2.45. The monoisotopic (exact) mass is 464 g/mol. The third kappa shape index (κ3) is 5.24. The summed E-state index contributed by atoms with van der Waals surface area (Å²) in [6, 6.07) is 16.2. The molecule has 7 nitrogen and oxygen atoms in total. The molecule has 0 aromatic heterocycles. The van der Waals surface area contributed by atoms with E-state index in [4.69, 9.17) is 9.84 Å². The predicted octanol–water partition coefficient (Wildman–Crippen LogP) is 4.41. The van der Waals surface area contributed by atoms with Gasteiger partial charge in [0.2, 0.25) is 5.91 Å². The van der Waals surface area contributed by atoms with Gasteiger partial charge in [-0.25, -0.2) is 4.79 Å². The largest absolute Gasteiger partial charge is 0.481 e. The van der Waals surface area contributed by atoms with Gasteiger partial charge >= 0.3 is 12.1 Å². The van der Waals surface area contributed by atoms with Crippen LogP contribution in [0.2, 0.25) is 0 Å². The third-order valence-electron chi connectivity index (χ3n) is 6.99. The van der Waals surface area contributed by atoms with Crippen LogP contribution in [0.4, 0.5) is 4.79 Å². The van der Waals surface area contributed by atoms with Crippen LogP contribution in [0.25, 0.3) is 11.1 Å². The van der Waals surface area contributed by atoms with Crippen LogP contribution < -0.4 is 5.32 Å². The second-order valence-corrected chi connectivity index (χ2v) is 9.22. The SMILES string of the molecule is CN(CCCCC(=O)O)C(=O)[C@H]1CCC[C@H]1NC(=O)OCC1c2ccccc2-c2ccccc21. The number of carbonyl (C=O) groups is 3. The fourth-order valence-corrected chi connectivity index (χ4v) is 5.24. The quantitative estimate of drug-likeness (QED) is 0.536. The molecule has 2 amide bonds. The standard InChI is InChI=1S/C27H32N2O5/c1-29(16-7-6-15-25(30)31)26(32)22-13-8-14-24(22)28-27(33)34-17-23-20-11-4-2-9-18(20)19-10-3-5-12-21(19)23/h2-5,9-12,22-24H,6-8,13-17H2,1H3,(H,28,33)(H,30,31)/t22-,24+/m0/s1. The van der Waals surface area contributed by atoms with Gasteiger partial charge in [0.05, 0.1) is 5.92 Å². The number of carbonyl (C=O) groups excluding carboxylic acids is 2. The van der Waals surface area contributed by atoms with Crippen molar-refractivity contribution in [3.8, 4) is 11.1 Å². The number of ether oxygens (including phenoxy) is 1. The average molecular weight is 465 g/mol. The lowest BCUT2D eigenvalue weighted by molar-refractivity contribution is -0.137. The lowest BCUT2D eigenvalue weighted by Gasteiger charge is -2.26. The molecule has 2 N–H and O–H groups in total. The molecule has 7 heteroatoms. The number of hydrogen-bond acceptors (Lipinski definition) is 4. The molecular weight excluding hydrogens is 432 g/mol. The van der Waals surface area contributed by atoms with Crippen molar-refractivity contribution in [3.63, 3.8) is 0 Å². The fraction of sp³-hybridized carbons (Fsp3) is 0.444. The first-order chi connectivity index (χ1) is 16.5. The van der Waals surface area contributed by atoms with Crippen LogP contribution in [0.5, 0.6) is 0 Å². The van der Waals surface area contributed by atoms with Crippen molar-refractivity contribution < 1.29 is 24.2 Å². The van der Waals surface area contributed by atoms with Crippen LogP contribution in [0, 0.1) is 5.92 Å². The summed E-state index contributed by atoms with van der Waals surface area (Å²) in [4.78, 5) is 37.9. The minimum atomic E-state index is -0.822. The highest BCUT2D eigenvalue weighted by molar-refractivity contribution is 5.81. The van der Waals surface area contributed by atoms with Crippen molar-refractivity contribution in [1.82, 2.24) is 10.2 Å². The van der Waals surface area contributed by atoms with Crippen LogP contribution in [-0.2, 0) is 14.3 Å². The number of fused-ring (bicyclic) bond motifs is 3. The van der Waals surface area contributed by atoms with Gasteiger partial charge in [-0.15, -0.1) is 0 Å². The van der Waals surface area contributed by atoms with Crippen molar-refractivity contribution in [2.24, 2.45) is 5.92 Å². The van der Waals surface area contributed by atoms with E-state index in [9.17, 15) is 14.4 Å². The topological polar surface area (TPSA) is 95.9 Å². The number of amides is 2. The van der Waals surface area contributed by atoms with E-state index in [1.807, 2.05) is 24.3 Å². The zero-order valence-electron chi connectivity index (χ0n) is 19.5. The Bertz CT molecular complexity index is 1010. The Hall–Kier alpha value is -3.35. The molecule has 0 aliphatic heterocycles. The molecule has 1 saturated carbocycles. The molecule has 34 heavy (non-hydrogen) atoms. The fourth-order valence-electron chi connectivity index (χ4n) is 5.24. The normalized spacial score (nSPS) is 18.7. The van der Waals surface area contributed by atoms with Crippen molar-refractivity contribution in [2.75, 3.05) is 20.2 Å². The number of carboxylic acid groups (broad SMARTS) is 1. The summed E-state index contributed by atoms with van der Waals surface area (Å²) in [5.74, 6) is -1.10. The Morgan fingerprint density at radius 3 is 2.29 bits per heavy atom. The Balaban J connectivity index is 1.31. The molecule has 0 unspecified atom stereocenters. The number of nitrogens with zero attached hydrogens (tertiary/aromatic N) is 1. The van der Waals surface area contributed by atoms with E-state index in [0.29, 0.717) is 19.4 Å². The average Bonchev–Trinajstić information content (AvgIpc) is 3.42. The molecule has 0 saturated heterocycles. The first-order valence-electron chi connectivity index (χ1n) is 12.0. The van der Waals surface area contributed by atoms with E-state index in [1.165, 1.54) is 11.1 Å². The maximum absolute atomic E-state index is 12.9. The van der Waals surface area contributed by atoms with Crippen molar-refractivity contribution in [1.29, 1.82) is 0 Å². The number of rotatable bonds is 9. The van der Waals surface area contributed by atoms with Crippen LogP contribution in [-0.4, -0.2) is 54.2 Å². The number of hydrogen-bond donors (Lipinski definition) is 2. The van der Waals surface area contributed by atoms with Gasteiger partial charge in [0, 0.05) is 32.0 Å². The lowest BCUT2D eigenvalue weighted by atomic mass is 9.98. The zero-order chi connectivity index (χ0) is 24.1. The molecule has 2 aromatic rings. The van der Waals surface area contributed by atoms with Crippen molar-refractivity contribution in [3.05, 3.63) is 59.7 Å². The van der Waals surface area contributed by atoms with Crippen molar-refractivity contribution in [2.45, 2.75) is 50.5 Å². The molecule has 180 valence electrons. The van der Waals surface area contributed by atoms with Gasteiger partial charge in [-0.1, -0.05) is 55.0 Å². The maximum Gasteiger partial charge on any atom is 0.407 e. The number of unbranched alkanes of at least 4 members (excludes halogenated alkanes) is 1. The minimum Gasteiger partial charge on any atom is -0.481 e. The molecule has 2 aliphatic rings. The first-order valence-corrected chi connectivity index (χ1v) is 12.0. The molecule has 1 fully saturated rings. The number of carboxylic acids is 1. The second-order valence-electron chi connectivity index (χ2n) is 9.22. The highest BCUT2D eigenvalue weighted by atomic mass is 16.5. The summed E-state index contributed by atoms with van der Waals surface area (Å²) in [7, 11) is 1.74. The Labute approximate surface area is 200 Å². The molecule has 0 radical (unpaired) electrons. The van der Waals surface area contributed by atoms with E-state index in [1.54, 1.807) is 11.9 Å². The second kappa shape index (κ2) is 10.7. The number of benzene rings is 2. The summed E-state index contributed by atoms with van der Waals surface area (Å²) in [5, 5.41) is 11.7. The predicted molar refractivity (Wildman–Crippen MR) is 128 cm³/mol. The molecular formula is C27H32N2O5. The summed E-state index contributed by atoms with van der Waals surface area (Å²) in [6.07, 6.45) is 3.15. The van der Waals surface area contributed by atoms with E-state index in [0.717, 1.165) is 30.4 Å². The zero-order valence-corrected chi connectivity index (χ0v) is 19.5. The van der Waals surface area contributed by atoms with Crippen LogP contribution in [0.15, 0.2) is 48.5 Å². The minimum absolute atomic E-state index is 0.00299. The van der Waals surface area contributed by atoms with Crippen LogP contribution in [0.1, 0.15) is 55.6 Å². The van der Waals surface area contributed by atoms with Gasteiger partial charge in [-0.3, -0.25) is 9.59 Å². The number of aliphatic carboxylic acids is 1. The highest BCUT2D eigenvalue weighted by Crippen LogP contribution is 2.44. The Morgan fingerprint density at radius 1 is 1.00 bits per heavy atom. The highest BCUT2D eigenvalue weighted by Gasteiger charge is 2.36. The molecule has 0 heterocycles. The number of nitrogens with one attached hydrogen (secondary N) is 1. The molecule has 0 bridgehead atoms. The van der Waals surface area contributed by atoms with E-state index < -0.39 is 12.1 Å². The molecule has 0 spiro atoms. The Kier molecular flexibility index (Phi) is 7.50. The van der Waals surface area contributed by atoms with Gasteiger partial charge in [0.25, 0.3) is 0 Å². The summed E-state index contributed by atoms with van der Waals surface area (Å²) >= 11 is 0. The van der Waals surface area contributed by atoms with E-state index >= 15 is 0 Å². The van der Waals surface area contributed by atoms with Gasteiger partial charge < -0.3 is 20.1 Å². The van der Waals surface area contributed by atoms with Gasteiger partial charge in [-0.05, 0) is 47.9 Å². The van der Waals surface area contributed by atoms with Crippen LogP contribution >= 0.6 is 0 Å². The first kappa shape index (κ1) is 23.8. The molecule has 2 aromatic carbocycles. The van der Waals surface area contributed by atoms with Crippen molar-refractivity contribution >= 4 is 18.0 Å². The molecule has 2 aliphatic carbocycles. The smallest absolute Gasteiger partial charge is 0.407 e. The molecule has 2 atom stereocenters. The Morgan fingerprint density at radius 2 is 1.65 bits per heavy atom. The van der Waals surface area contributed by atoms with Gasteiger partial charge in [-0.2, -0.15) is 0 Å².